The maximum absolute atomic E-state index is 12.3. The maximum atomic E-state index is 12.3. The average molecular weight is 301 g/mol. The van der Waals surface area contributed by atoms with Crippen molar-refractivity contribution >= 4 is 5.91 Å². The van der Waals surface area contributed by atoms with Gasteiger partial charge in [0.25, 0.3) is 0 Å². The average Bonchev–Trinajstić information content (AvgIpc) is 3.08. The molecular weight excluding hydrogens is 278 g/mol. The van der Waals surface area contributed by atoms with Crippen molar-refractivity contribution in [2.45, 2.75) is 45.3 Å². The summed E-state index contributed by atoms with van der Waals surface area (Å²) in [5.41, 5.74) is 0. The number of likely N-dealkylation sites (tertiary alicyclic amines) is 1. The van der Waals surface area contributed by atoms with Crippen LogP contribution in [-0.4, -0.2) is 56.1 Å². The second-order valence-corrected chi connectivity index (χ2v) is 6.71. The highest BCUT2D eigenvalue weighted by Gasteiger charge is 2.37. The number of amides is 1. The number of aromatic nitrogens is 3. The first-order valence-corrected chi connectivity index (χ1v) is 8.28. The third kappa shape index (κ3) is 2.45. The van der Waals surface area contributed by atoms with Gasteiger partial charge in [0.05, 0.1) is 6.54 Å². The summed E-state index contributed by atoms with van der Waals surface area (Å²) in [5, 5.41) is 8.40. The molecule has 0 radical (unpaired) electrons. The molecule has 6 nitrogen and oxygen atoms in total. The normalized spacial score (nSPS) is 25.3. The lowest BCUT2D eigenvalue weighted by Crippen LogP contribution is -2.62. The molecule has 1 aromatic heterocycles. The van der Waals surface area contributed by atoms with Crippen LogP contribution in [0.4, 0.5) is 0 Å². The van der Waals surface area contributed by atoms with Crippen molar-refractivity contribution in [3.8, 4) is 0 Å². The van der Waals surface area contributed by atoms with Crippen LogP contribution < -0.4 is 0 Å². The summed E-state index contributed by atoms with van der Waals surface area (Å²) in [6.45, 7) is 6.62. The lowest BCUT2D eigenvalue weighted by Gasteiger charge is -2.46. The van der Waals surface area contributed by atoms with Crippen LogP contribution in [0, 0.1) is 12.8 Å². The first-order valence-electron chi connectivity index (χ1n) is 8.28. The van der Waals surface area contributed by atoms with E-state index in [0.717, 1.165) is 57.2 Å². The van der Waals surface area contributed by atoms with Gasteiger partial charge < -0.3 is 9.47 Å². The summed E-state index contributed by atoms with van der Waals surface area (Å²) in [6.07, 6.45) is 7.37. The van der Waals surface area contributed by atoms with E-state index in [1.54, 1.807) is 0 Å². The van der Waals surface area contributed by atoms with Gasteiger partial charge in [0, 0.05) is 38.6 Å². The first kappa shape index (κ1) is 13.9. The number of aryl methyl sites for hydroxylation is 1. The molecule has 1 fully saturated rings. The number of rotatable bonds is 3. The Hall–Kier alpha value is -1.69. The Balaban J connectivity index is 1.28. The van der Waals surface area contributed by atoms with Crippen molar-refractivity contribution in [3.05, 3.63) is 23.8 Å². The molecule has 3 heterocycles. The van der Waals surface area contributed by atoms with Crippen LogP contribution in [0.1, 0.15) is 30.9 Å². The molecule has 0 spiro atoms. The molecule has 0 bridgehead atoms. The van der Waals surface area contributed by atoms with Gasteiger partial charge in [0.2, 0.25) is 5.91 Å². The number of fused-ring (bicyclic) bond motifs is 1. The molecule has 1 amide bonds. The Morgan fingerprint density at radius 3 is 2.95 bits per heavy atom. The van der Waals surface area contributed by atoms with E-state index in [1.807, 2.05) is 11.8 Å². The number of carbonyl (C=O) groups excluding carboxylic acids is 1. The van der Waals surface area contributed by atoms with E-state index >= 15 is 0 Å². The van der Waals surface area contributed by atoms with Crippen LogP contribution in [0.3, 0.4) is 0 Å². The molecule has 3 aliphatic rings. The molecule has 1 atom stereocenters. The molecule has 0 saturated carbocycles. The van der Waals surface area contributed by atoms with Crippen molar-refractivity contribution < 1.29 is 4.79 Å². The highest BCUT2D eigenvalue weighted by atomic mass is 16.2. The van der Waals surface area contributed by atoms with Crippen LogP contribution in [0.15, 0.2) is 12.2 Å². The van der Waals surface area contributed by atoms with E-state index in [2.05, 4.69) is 31.8 Å². The third-order valence-electron chi connectivity index (χ3n) is 5.25. The zero-order chi connectivity index (χ0) is 15.1. The van der Waals surface area contributed by atoms with Gasteiger partial charge in [0.1, 0.15) is 11.6 Å². The highest BCUT2D eigenvalue weighted by Crippen LogP contribution is 2.25. The van der Waals surface area contributed by atoms with Gasteiger partial charge in [-0.15, -0.1) is 10.2 Å². The molecule has 2 aliphatic heterocycles. The summed E-state index contributed by atoms with van der Waals surface area (Å²) < 4.78 is 2.20. The topological polar surface area (TPSA) is 54.3 Å². The predicted molar refractivity (Wildman–Crippen MR) is 82.0 cm³/mol. The van der Waals surface area contributed by atoms with E-state index < -0.39 is 0 Å². The fraction of sp³-hybridized carbons (Fsp3) is 0.688. The summed E-state index contributed by atoms with van der Waals surface area (Å²) in [4.78, 5) is 16.7. The Bertz CT molecular complexity index is 602. The van der Waals surface area contributed by atoms with Crippen LogP contribution in [0.25, 0.3) is 0 Å². The standard InChI is InChI=1S/C16H23N5O/c1-12-17-18-15-11-19(6-7-21(12)15)14-9-20(10-14)16(22)8-13-4-2-3-5-13/h2,4,13-14H,3,5-11H2,1H3/t13-/m1/s1. The number of allylic oxidation sites excluding steroid dienone is 2. The fourth-order valence-electron chi connectivity index (χ4n) is 3.74. The summed E-state index contributed by atoms with van der Waals surface area (Å²) >= 11 is 0. The van der Waals surface area contributed by atoms with Gasteiger partial charge >= 0.3 is 0 Å². The first-order chi connectivity index (χ1) is 10.7. The summed E-state index contributed by atoms with van der Waals surface area (Å²) in [6, 6.07) is 0.494. The lowest BCUT2D eigenvalue weighted by molar-refractivity contribution is -0.139. The Morgan fingerprint density at radius 1 is 1.32 bits per heavy atom. The molecule has 22 heavy (non-hydrogen) atoms. The minimum absolute atomic E-state index is 0.323. The fourth-order valence-corrected chi connectivity index (χ4v) is 3.74. The summed E-state index contributed by atoms with van der Waals surface area (Å²) in [5.74, 6) is 2.86. The zero-order valence-electron chi connectivity index (χ0n) is 13.1. The monoisotopic (exact) mass is 301 g/mol. The second-order valence-electron chi connectivity index (χ2n) is 6.71. The minimum atomic E-state index is 0.323. The third-order valence-corrected chi connectivity index (χ3v) is 5.25. The van der Waals surface area contributed by atoms with Gasteiger partial charge in [-0.05, 0) is 25.7 Å². The number of hydrogen-bond donors (Lipinski definition) is 0. The van der Waals surface area contributed by atoms with Gasteiger partial charge in [0.15, 0.2) is 0 Å². The van der Waals surface area contributed by atoms with Crippen LogP contribution in [0.5, 0.6) is 0 Å². The van der Waals surface area contributed by atoms with Gasteiger partial charge in [-0.2, -0.15) is 0 Å². The van der Waals surface area contributed by atoms with E-state index in [-0.39, 0.29) is 0 Å². The molecule has 1 saturated heterocycles. The van der Waals surface area contributed by atoms with Crippen molar-refractivity contribution in [2.75, 3.05) is 19.6 Å². The van der Waals surface area contributed by atoms with Crippen molar-refractivity contribution in [3.63, 3.8) is 0 Å². The molecular formula is C16H23N5O. The van der Waals surface area contributed by atoms with Crippen LogP contribution in [-0.2, 0) is 17.9 Å². The zero-order valence-corrected chi connectivity index (χ0v) is 13.1. The van der Waals surface area contributed by atoms with Gasteiger partial charge in [-0.3, -0.25) is 9.69 Å². The molecule has 0 unspecified atom stereocenters. The van der Waals surface area contributed by atoms with E-state index in [4.69, 9.17) is 0 Å². The number of hydrogen-bond acceptors (Lipinski definition) is 4. The lowest BCUT2D eigenvalue weighted by atomic mass is 10.0. The molecule has 1 aliphatic carbocycles. The molecule has 0 aromatic carbocycles. The maximum Gasteiger partial charge on any atom is 0.223 e. The Morgan fingerprint density at radius 2 is 2.18 bits per heavy atom. The molecule has 1 aromatic rings. The van der Waals surface area contributed by atoms with E-state index in [1.165, 1.54) is 0 Å². The van der Waals surface area contributed by atoms with E-state index in [0.29, 0.717) is 24.3 Å². The van der Waals surface area contributed by atoms with Crippen LogP contribution in [0.2, 0.25) is 0 Å². The number of nitrogens with zero attached hydrogens (tertiary/aromatic N) is 5. The molecule has 0 N–H and O–H groups in total. The molecule has 4 rings (SSSR count). The number of carbonyl (C=O) groups is 1. The predicted octanol–water partition coefficient (Wildman–Crippen LogP) is 0.969. The molecule has 6 heteroatoms. The van der Waals surface area contributed by atoms with Gasteiger partial charge in [-0.25, -0.2) is 0 Å². The smallest absolute Gasteiger partial charge is 0.223 e. The highest BCUT2D eigenvalue weighted by molar-refractivity contribution is 5.77. The van der Waals surface area contributed by atoms with E-state index in [9.17, 15) is 4.79 Å². The quantitative estimate of drug-likeness (QED) is 0.781. The second kappa shape index (κ2) is 5.50. The van der Waals surface area contributed by atoms with Gasteiger partial charge in [-0.1, -0.05) is 12.2 Å². The Labute approximate surface area is 130 Å². The molecule has 118 valence electrons. The van der Waals surface area contributed by atoms with Crippen molar-refractivity contribution in [1.29, 1.82) is 0 Å². The van der Waals surface area contributed by atoms with Crippen LogP contribution >= 0.6 is 0 Å². The van der Waals surface area contributed by atoms with Crippen molar-refractivity contribution in [2.24, 2.45) is 5.92 Å². The largest absolute Gasteiger partial charge is 0.339 e. The SMILES string of the molecule is Cc1nnc2n1CCN(C1CN(C(=O)C[C@@H]3C=CCC3)C1)C2. The minimum Gasteiger partial charge on any atom is -0.339 e. The van der Waals surface area contributed by atoms with Crippen molar-refractivity contribution in [1.82, 2.24) is 24.6 Å². The Kier molecular flexibility index (Phi) is 3.48. The summed E-state index contributed by atoms with van der Waals surface area (Å²) in [7, 11) is 0.